The van der Waals surface area contributed by atoms with Crippen molar-refractivity contribution in [2.75, 3.05) is 10.6 Å². The van der Waals surface area contributed by atoms with E-state index in [-0.39, 0.29) is 11.8 Å². The molecular formula is C19H20ClN3O2S. The van der Waals surface area contributed by atoms with Gasteiger partial charge in [0, 0.05) is 16.8 Å². The van der Waals surface area contributed by atoms with E-state index >= 15 is 0 Å². The van der Waals surface area contributed by atoms with E-state index in [1.54, 1.807) is 31.2 Å². The smallest absolute Gasteiger partial charge is 0.232 e. The Bertz CT molecular complexity index is 849. The lowest BCUT2D eigenvalue weighted by atomic mass is 10.0. The largest absolute Gasteiger partial charge is 0.492 e. The molecule has 2 aliphatic rings. The molecule has 26 heavy (non-hydrogen) atoms. The summed E-state index contributed by atoms with van der Waals surface area (Å²) >= 11 is 7.20. The van der Waals surface area contributed by atoms with Crippen molar-refractivity contribution in [3.05, 3.63) is 46.3 Å². The van der Waals surface area contributed by atoms with Crippen LogP contribution in [-0.4, -0.2) is 22.0 Å². The Labute approximate surface area is 161 Å². The molecule has 0 radical (unpaired) electrons. The number of benzene rings is 1. The van der Waals surface area contributed by atoms with Crippen molar-refractivity contribution < 1.29 is 9.90 Å². The number of rotatable bonds is 5. The van der Waals surface area contributed by atoms with Gasteiger partial charge in [-0.3, -0.25) is 4.79 Å². The second-order valence-electron chi connectivity index (χ2n) is 6.96. The number of aromatic hydroxyl groups is 1. The van der Waals surface area contributed by atoms with E-state index in [1.165, 1.54) is 17.8 Å². The maximum atomic E-state index is 12.5. The molecule has 3 N–H and O–H groups in total. The van der Waals surface area contributed by atoms with Crippen molar-refractivity contribution in [3.8, 4) is 5.88 Å². The van der Waals surface area contributed by atoms with Gasteiger partial charge >= 0.3 is 0 Å². The van der Waals surface area contributed by atoms with Crippen LogP contribution in [0.5, 0.6) is 5.88 Å². The maximum absolute atomic E-state index is 12.5. The average Bonchev–Trinajstić information content (AvgIpc) is 3.32. The molecule has 0 saturated heterocycles. The summed E-state index contributed by atoms with van der Waals surface area (Å²) in [6.45, 7) is 1.77. The molecule has 1 aromatic heterocycles. The van der Waals surface area contributed by atoms with Crippen molar-refractivity contribution in [3.63, 3.8) is 0 Å². The molecule has 4 unspecified atom stereocenters. The fraction of sp³-hybridized carbons (Fsp3) is 0.368. The minimum atomic E-state index is -0.501. The van der Waals surface area contributed by atoms with Crippen molar-refractivity contribution in [2.24, 2.45) is 11.8 Å². The second kappa shape index (κ2) is 6.93. The van der Waals surface area contributed by atoms with Gasteiger partial charge in [0.1, 0.15) is 0 Å². The number of nitrogens with one attached hydrogen (secondary N) is 2. The van der Waals surface area contributed by atoms with E-state index < -0.39 is 5.92 Å². The Morgan fingerprint density at radius 2 is 2.08 bits per heavy atom. The van der Waals surface area contributed by atoms with Crippen LogP contribution in [0, 0.1) is 11.8 Å². The van der Waals surface area contributed by atoms with Gasteiger partial charge in [0.15, 0.2) is 5.13 Å². The highest BCUT2D eigenvalue weighted by Crippen LogP contribution is 2.42. The SMILES string of the molecule is CC(C(=O)Nc1ccc(Cl)cc1)c1sc(NC2CC3C=CC2C3)nc1O. The van der Waals surface area contributed by atoms with Crippen LogP contribution in [0.25, 0.3) is 0 Å². The summed E-state index contributed by atoms with van der Waals surface area (Å²) in [5, 5.41) is 17.8. The summed E-state index contributed by atoms with van der Waals surface area (Å²) in [5.74, 6) is 0.434. The standard InChI is InChI=1S/C19H20ClN3O2S/c1-10(17(24)21-14-6-4-13(20)5-7-14)16-18(25)23-19(26-16)22-15-9-11-2-3-12(15)8-11/h2-7,10-12,15,25H,8-9H2,1H3,(H,21,24)(H,22,23). The number of carbonyl (C=O) groups excluding carboxylic acids is 1. The molecule has 2 aliphatic carbocycles. The Kier molecular flexibility index (Phi) is 4.63. The van der Waals surface area contributed by atoms with Gasteiger partial charge in [-0.25, -0.2) is 0 Å². The molecule has 2 bridgehead atoms. The van der Waals surface area contributed by atoms with Crippen molar-refractivity contribution in [2.45, 2.75) is 31.7 Å². The summed E-state index contributed by atoms with van der Waals surface area (Å²) in [7, 11) is 0. The Hall–Kier alpha value is -2.05. The van der Waals surface area contributed by atoms with E-state index in [0.717, 1.165) is 6.42 Å². The van der Waals surface area contributed by atoms with Gasteiger partial charge in [0.2, 0.25) is 11.8 Å². The molecule has 1 aromatic carbocycles. The molecule has 0 spiro atoms. The van der Waals surface area contributed by atoms with Gasteiger partial charge < -0.3 is 15.7 Å². The van der Waals surface area contributed by atoms with Gasteiger partial charge in [-0.1, -0.05) is 35.1 Å². The van der Waals surface area contributed by atoms with Crippen LogP contribution in [0.3, 0.4) is 0 Å². The quantitative estimate of drug-likeness (QED) is 0.652. The summed E-state index contributed by atoms with van der Waals surface area (Å²) in [6, 6.07) is 7.29. The van der Waals surface area contributed by atoms with E-state index in [0.29, 0.717) is 38.6 Å². The molecule has 7 heteroatoms. The number of hydrogen-bond donors (Lipinski definition) is 3. The fourth-order valence-corrected chi connectivity index (χ4v) is 4.77. The molecule has 4 rings (SSSR count). The summed E-state index contributed by atoms with van der Waals surface area (Å²) in [6.07, 6.45) is 6.85. The van der Waals surface area contributed by atoms with Crippen molar-refractivity contribution >= 4 is 39.7 Å². The highest BCUT2D eigenvalue weighted by molar-refractivity contribution is 7.16. The molecular weight excluding hydrogens is 370 g/mol. The van der Waals surface area contributed by atoms with Gasteiger partial charge in [0.25, 0.3) is 0 Å². The molecule has 1 heterocycles. The van der Waals surface area contributed by atoms with Crippen LogP contribution in [0.2, 0.25) is 5.02 Å². The average molecular weight is 390 g/mol. The molecule has 5 nitrogen and oxygen atoms in total. The van der Waals surface area contributed by atoms with Crippen LogP contribution in [0.15, 0.2) is 36.4 Å². The normalized spacial score (nSPS) is 24.6. The highest BCUT2D eigenvalue weighted by Gasteiger charge is 2.36. The number of fused-ring (bicyclic) bond motifs is 2. The number of aromatic nitrogens is 1. The summed E-state index contributed by atoms with van der Waals surface area (Å²) < 4.78 is 0. The number of halogens is 1. The zero-order valence-corrected chi connectivity index (χ0v) is 15.8. The highest BCUT2D eigenvalue weighted by atomic mass is 35.5. The number of anilines is 2. The Morgan fingerprint density at radius 1 is 1.31 bits per heavy atom. The number of amides is 1. The molecule has 0 aliphatic heterocycles. The number of hydrogen-bond acceptors (Lipinski definition) is 5. The van der Waals surface area contributed by atoms with Gasteiger partial charge in [0.05, 0.1) is 10.8 Å². The second-order valence-corrected chi connectivity index (χ2v) is 8.42. The predicted molar refractivity (Wildman–Crippen MR) is 105 cm³/mol. The van der Waals surface area contributed by atoms with Crippen molar-refractivity contribution in [1.29, 1.82) is 0 Å². The van der Waals surface area contributed by atoms with Crippen LogP contribution in [-0.2, 0) is 4.79 Å². The monoisotopic (exact) mass is 389 g/mol. The minimum absolute atomic E-state index is 0.0741. The lowest BCUT2D eigenvalue weighted by Gasteiger charge is -2.18. The number of allylic oxidation sites excluding steroid dienone is 1. The number of thiazole rings is 1. The Balaban J connectivity index is 1.43. The first-order chi connectivity index (χ1) is 12.5. The third-order valence-corrected chi connectivity index (χ3v) is 6.53. The number of nitrogens with zero attached hydrogens (tertiary/aromatic N) is 1. The van der Waals surface area contributed by atoms with E-state index in [9.17, 15) is 9.90 Å². The van der Waals surface area contributed by atoms with Gasteiger partial charge in [-0.2, -0.15) is 4.98 Å². The third kappa shape index (κ3) is 3.44. The molecule has 1 fully saturated rings. The third-order valence-electron chi connectivity index (χ3n) is 5.12. The molecule has 1 saturated carbocycles. The first-order valence-corrected chi connectivity index (χ1v) is 9.90. The van der Waals surface area contributed by atoms with Crippen LogP contribution >= 0.6 is 22.9 Å². The molecule has 1 amide bonds. The first kappa shape index (κ1) is 17.4. The number of carbonyl (C=O) groups is 1. The molecule has 136 valence electrons. The van der Waals surface area contributed by atoms with Crippen LogP contribution in [0.4, 0.5) is 10.8 Å². The minimum Gasteiger partial charge on any atom is -0.492 e. The summed E-state index contributed by atoms with van der Waals surface area (Å²) in [5.41, 5.74) is 0.669. The van der Waals surface area contributed by atoms with Gasteiger partial charge in [-0.05, 0) is 55.9 Å². The zero-order chi connectivity index (χ0) is 18.3. The van der Waals surface area contributed by atoms with E-state index in [2.05, 4.69) is 27.8 Å². The lowest BCUT2D eigenvalue weighted by Crippen LogP contribution is -2.23. The topological polar surface area (TPSA) is 74.2 Å². The van der Waals surface area contributed by atoms with Crippen molar-refractivity contribution in [1.82, 2.24) is 4.98 Å². The maximum Gasteiger partial charge on any atom is 0.232 e. The predicted octanol–water partition coefficient (Wildman–Crippen LogP) is 4.62. The first-order valence-electron chi connectivity index (χ1n) is 8.70. The fourth-order valence-electron chi connectivity index (χ4n) is 3.68. The Morgan fingerprint density at radius 3 is 2.73 bits per heavy atom. The lowest BCUT2D eigenvalue weighted by molar-refractivity contribution is -0.117. The zero-order valence-electron chi connectivity index (χ0n) is 14.3. The molecule has 4 atom stereocenters. The van der Waals surface area contributed by atoms with E-state index in [4.69, 9.17) is 11.6 Å². The molecule has 2 aromatic rings. The van der Waals surface area contributed by atoms with E-state index in [1.807, 2.05) is 0 Å². The van der Waals surface area contributed by atoms with Gasteiger partial charge in [-0.15, -0.1) is 0 Å². The summed E-state index contributed by atoms with van der Waals surface area (Å²) in [4.78, 5) is 17.3. The van der Waals surface area contributed by atoms with Crippen LogP contribution in [0.1, 0.15) is 30.6 Å². The van der Waals surface area contributed by atoms with Crippen LogP contribution < -0.4 is 10.6 Å².